The van der Waals surface area contributed by atoms with E-state index in [-0.39, 0.29) is 30.7 Å². The summed E-state index contributed by atoms with van der Waals surface area (Å²) in [7, 11) is 0. The van der Waals surface area contributed by atoms with Crippen molar-refractivity contribution in [3.8, 4) is 0 Å². The zero-order valence-corrected chi connectivity index (χ0v) is 17.1. The number of carbonyl (C=O) groups excluding carboxylic acids is 3. The van der Waals surface area contributed by atoms with Crippen molar-refractivity contribution in [3.63, 3.8) is 0 Å². The fourth-order valence-electron chi connectivity index (χ4n) is 2.61. The number of ether oxygens (including phenoxy) is 1. The van der Waals surface area contributed by atoms with Crippen molar-refractivity contribution < 1.29 is 19.1 Å². The summed E-state index contributed by atoms with van der Waals surface area (Å²) in [5, 5.41) is 4.86. The monoisotopic (exact) mass is 417 g/mol. The first kappa shape index (κ1) is 20.1. The largest absolute Gasteiger partial charge is 0.462 e. The SMILES string of the molecule is CCOC(=O)c1sc(NC(=O)CN2C(=O)CSC=C2c2ccccc2)nc1C. The predicted octanol–water partition coefficient (Wildman–Crippen LogP) is 3.14. The molecule has 146 valence electrons. The smallest absolute Gasteiger partial charge is 0.350 e. The normalized spacial score (nSPS) is 13.9. The third-order valence-electron chi connectivity index (χ3n) is 3.87. The Kier molecular flexibility index (Phi) is 6.48. The number of hydrogen-bond acceptors (Lipinski definition) is 7. The second-order valence-corrected chi connectivity index (χ2v) is 7.72. The number of amides is 2. The number of aromatic nitrogens is 1. The minimum Gasteiger partial charge on any atom is -0.462 e. The molecule has 0 unspecified atom stereocenters. The van der Waals surface area contributed by atoms with Crippen LogP contribution in [0.5, 0.6) is 0 Å². The van der Waals surface area contributed by atoms with E-state index in [1.165, 1.54) is 16.7 Å². The van der Waals surface area contributed by atoms with Crippen LogP contribution in [0.3, 0.4) is 0 Å². The van der Waals surface area contributed by atoms with Gasteiger partial charge in [0.25, 0.3) is 0 Å². The summed E-state index contributed by atoms with van der Waals surface area (Å²) in [5.41, 5.74) is 2.05. The van der Waals surface area contributed by atoms with Crippen LogP contribution in [0.2, 0.25) is 0 Å². The first-order valence-corrected chi connectivity index (χ1v) is 10.5. The minimum absolute atomic E-state index is 0.131. The zero-order valence-electron chi connectivity index (χ0n) is 15.4. The van der Waals surface area contributed by atoms with Crippen LogP contribution in [0.1, 0.15) is 27.9 Å². The highest BCUT2D eigenvalue weighted by Crippen LogP contribution is 2.28. The van der Waals surface area contributed by atoms with Gasteiger partial charge < -0.3 is 15.0 Å². The first-order chi connectivity index (χ1) is 13.5. The van der Waals surface area contributed by atoms with Gasteiger partial charge in [0.05, 0.1) is 23.8 Å². The minimum atomic E-state index is -0.462. The van der Waals surface area contributed by atoms with Gasteiger partial charge >= 0.3 is 5.97 Å². The van der Waals surface area contributed by atoms with E-state index in [1.54, 1.807) is 13.8 Å². The van der Waals surface area contributed by atoms with Crippen LogP contribution in [0.15, 0.2) is 35.7 Å². The number of nitrogens with one attached hydrogen (secondary N) is 1. The van der Waals surface area contributed by atoms with Crippen molar-refractivity contribution in [1.29, 1.82) is 0 Å². The highest BCUT2D eigenvalue weighted by Gasteiger charge is 2.26. The summed E-state index contributed by atoms with van der Waals surface area (Å²) < 4.78 is 4.98. The van der Waals surface area contributed by atoms with E-state index < -0.39 is 5.97 Å². The van der Waals surface area contributed by atoms with Crippen LogP contribution in [0, 0.1) is 6.92 Å². The number of thioether (sulfide) groups is 1. The number of carbonyl (C=O) groups is 3. The molecule has 1 aliphatic rings. The molecule has 2 heterocycles. The van der Waals surface area contributed by atoms with Crippen LogP contribution in [-0.4, -0.2) is 46.6 Å². The van der Waals surface area contributed by atoms with Gasteiger partial charge in [0, 0.05) is 0 Å². The summed E-state index contributed by atoms with van der Waals surface area (Å²) in [4.78, 5) is 42.9. The van der Waals surface area contributed by atoms with Crippen LogP contribution in [0.4, 0.5) is 5.13 Å². The van der Waals surface area contributed by atoms with Gasteiger partial charge in [-0.15, -0.1) is 11.8 Å². The average molecular weight is 418 g/mol. The Morgan fingerprint density at radius 3 is 2.75 bits per heavy atom. The lowest BCUT2D eigenvalue weighted by Gasteiger charge is -2.28. The molecule has 0 bridgehead atoms. The van der Waals surface area contributed by atoms with E-state index in [9.17, 15) is 14.4 Å². The van der Waals surface area contributed by atoms with Crippen LogP contribution < -0.4 is 5.32 Å². The number of nitrogens with zero attached hydrogens (tertiary/aromatic N) is 2. The Hall–Kier alpha value is -2.65. The molecule has 0 fully saturated rings. The maximum atomic E-state index is 12.5. The molecule has 1 N–H and O–H groups in total. The summed E-state index contributed by atoms with van der Waals surface area (Å²) in [6.07, 6.45) is 0. The average Bonchev–Trinajstić information content (AvgIpc) is 3.04. The predicted molar refractivity (Wildman–Crippen MR) is 110 cm³/mol. The maximum absolute atomic E-state index is 12.5. The van der Waals surface area contributed by atoms with E-state index >= 15 is 0 Å². The van der Waals surface area contributed by atoms with Crippen LogP contribution in [-0.2, 0) is 14.3 Å². The van der Waals surface area contributed by atoms with E-state index in [4.69, 9.17) is 4.74 Å². The molecule has 3 rings (SSSR count). The Labute approximate surface area is 170 Å². The van der Waals surface area contributed by atoms with Gasteiger partial charge in [-0.3, -0.25) is 9.59 Å². The number of esters is 1. The molecule has 1 aliphatic heterocycles. The van der Waals surface area contributed by atoms with E-state index in [2.05, 4.69) is 10.3 Å². The molecular weight excluding hydrogens is 398 g/mol. The highest BCUT2D eigenvalue weighted by atomic mass is 32.2. The molecule has 0 radical (unpaired) electrons. The highest BCUT2D eigenvalue weighted by molar-refractivity contribution is 8.03. The molecule has 7 nitrogen and oxygen atoms in total. The van der Waals surface area contributed by atoms with Crippen LogP contribution >= 0.6 is 23.1 Å². The molecule has 0 saturated heterocycles. The number of thiazole rings is 1. The lowest BCUT2D eigenvalue weighted by molar-refractivity contribution is -0.129. The van der Waals surface area contributed by atoms with Gasteiger partial charge in [-0.05, 0) is 24.8 Å². The first-order valence-electron chi connectivity index (χ1n) is 8.61. The summed E-state index contributed by atoms with van der Waals surface area (Å²) in [6, 6.07) is 9.45. The Morgan fingerprint density at radius 2 is 2.04 bits per heavy atom. The zero-order chi connectivity index (χ0) is 20.1. The molecule has 9 heteroatoms. The lowest BCUT2D eigenvalue weighted by atomic mass is 10.1. The molecule has 2 aromatic rings. The van der Waals surface area contributed by atoms with Crippen molar-refractivity contribution in [1.82, 2.24) is 9.88 Å². The van der Waals surface area contributed by atoms with Gasteiger partial charge in [0.15, 0.2) is 5.13 Å². The fourth-order valence-corrected chi connectivity index (χ4v) is 4.29. The number of rotatable bonds is 6. The van der Waals surface area contributed by atoms with Crippen molar-refractivity contribution >= 4 is 51.7 Å². The van der Waals surface area contributed by atoms with E-state index in [1.807, 2.05) is 35.7 Å². The molecule has 0 atom stereocenters. The van der Waals surface area contributed by atoms with Crippen molar-refractivity contribution in [2.75, 3.05) is 24.2 Å². The molecule has 1 aromatic heterocycles. The van der Waals surface area contributed by atoms with Gasteiger partial charge in [-0.25, -0.2) is 9.78 Å². The number of anilines is 1. The third kappa shape index (κ3) is 4.60. The molecule has 28 heavy (non-hydrogen) atoms. The van der Waals surface area contributed by atoms with Gasteiger partial charge in [0.2, 0.25) is 11.8 Å². The Morgan fingerprint density at radius 1 is 1.29 bits per heavy atom. The molecule has 2 amide bonds. The third-order valence-corrected chi connectivity index (χ3v) is 5.73. The van der Waals surface area contributed by atoms with Crippen LogP contribution in [0.25, 0.3) is 5.70 Å². The molecule has 0 saturated carbocycles. The standard InChI is InChI=1S/C19H19N3O4S2/c1-3-26-18(25)17-12(2)20-19(28-17)21-15(23)9-22-14(10-27-11-16(22)24)13-7-5-4-6-8-13/h4-8,10H,3,9,11H2,1-2H3,(H,20,21,23). The Balaban J connectivity index is 1.72. The quantitative estimate of drug-likeness (QED) is 0.727. The maximum Gasteiger partial charge on any atom is 0.350 e. The molecule has 1 aromatic carbocycles. The summed E-state index contributed by atoms with van der Waals surface area (Å²) >= 11 is 2.46. The van der Waals surface area contributed by atoms with Crippen molar-refractivity contribution in [2.45, 2.75) is 13.8 Å². The number of hydrogen-bond donors (Lipinski definition) is 1. The second-order valence-electron chi connectivity index (χ2n) is 5.86. The van der Waals surface area contributed by atoms with Gasteiger partial charge in [-0.1, -0.05) is 41.7 Å². The molecule has 0 spiro atoms. The van der Waals surface area contributed by atoms with Crippen molar-refractivity contribution in [2.24, 2.45) is 0 Å². The van der Waals surface area contributed by atoms with Crippen molar-refractivity contribution in [3.05, 3.63) is 51.9 Å². The summed E-state index contributed by atoms with van der Waals surface area (Å²) in [6.45, 7) is 3.54. The topological polar surface area (TPSA) is 88.6 Å². The van der Waals surface area contributed by atoms with Gasteiger partial charge in [-0.2, -0.15) is 0 Å². The van der Waals surface area contributed by atoms with E-state index in [0.29, 0.717) is 21.4 Å². The molecule has 0 aliphatic carbocycles. The number of benzene rings is 1. The summed E-state index contributed by atoms with van der Waals surface area (Å²) in [5.74, 6) is -0.696. The van der Waals surface area contributed by atoms with E-state index in [0.717, 1.165) is 16.9 Å². The Bertz CT molecular complexity index is 925. The number of aryl methyl sites for hydroxylation is 1. The van der Waals surface area contributed by atoms with Gasteiger partial charge in [0.1, 0.15) is 11.4 Å². The fraction of sp³-hybridized carbons (Fsp3) is 0.263. The lowest BCUT2D eigenvalue weighted by Crippen LogP contribution is -2.39. The second kappa shape index (κ2) is 9.03. The molecular formula is C19H19N3O4S2.